The van der Waals surface area contributed by atoms with Crippen molar-refractivity contribution in [3.63, 3.8) is 0 Å². The highest BCUT2D eigenvalue weighted by molar-refractivity contribution is 7.22. The van der Waals surface area contributed by atoms with Crippen LogP contribution in [0.2, 0.25) is 5.02 Å². The van der Waals surface area contributed by atoms with Crippen LogP contribution in [0, 0.1) is 6.92 Å². The van der Waals surface area contributed by atoms with Crippen molar-refractivity contribution >= 4 is 61.4 Å². The molecule has 1 saturated heterocycles. The van der Waals surface area contributed by atoms with Gasteiger partial charge in [0.1, 0.15) is 17.3 Å². The number of ether oxygens (including phenoxy) is 2. The minimum absolute atomic E-state index is 0.0873. The topological polar surface area (TPSA) is 92.2 Å². The number of hydrogen-bond donors (Lipinski definition) is 1. The molecule has 1 aliphatic rings. The van der Waals surface area contributed by atoms with E-state index in [2.05, 4.69) is 4.98 Å². The van der Waals surface area contributed by atoms with E-state index in [1.807, 2.05) is 68.4 Å². The Labute approximate surface area is 234 Å². The Hall–Kier alpha value is -4.08. The van der Waals surface area contributed by atoms with Gasteiger partial charge in [-0.25, -0.2) is 4.98 Å². The van der Waals surface area contributed by atoms with Gasteiger partial charge in [-0.15, -0.1) is 0 Å². The Balaban J connectivity index is 1.76. The quantitative estimate of drug-likeness (QED) is 0.175. The molecule has 5 rings (SSSR count). The van der Waals surface area contributed by atoms with Crippen molar-refractivity contribution in [3.8, 4) is 11.5 Å². The van der Waals surface area contributed by atoms with Gasteiger partial charge in [-0.05, 0) is 48.4 Å². The summed E-state index contributed by atoms with van der Waals surface area (Å²) in [6.07, 6.45) is 0. The van der Waals surface area contributed by atoms with Crippen LogP contribution in [-0.2, 0) is 9.59 Å². The summed E-state index contributed by atoms with van der Waals surface area (Å²) >= 11 is 7.58. The number of methoxy groups -OCH3 is 2. The van der Waals surface area contributed by atoms with Crippen LogP contribution < -0.4 is 19.3 Å². The Morgan fingerprint density at radius 3 is 2.36 bits per heavy atom. The summed E-state index contributed by atoms with van der Waals surface area (Å²) in [6.45, 7) is 1.98. The fraction of sp³-hybridized carbons (Fsp3) is 0.207. The SMILES string of the molecule is COc1cc(/C(O)=C2\C(=O)C(=O)N(c3nc4ccc(C)cc4s3)C2c2ccc(N(C)C)cc2)c(OC)cc1Cl. The molecule has 4 aromatic rings. The monoisotopic (exact) mass is 563 g/mol. The number of amides is 1. The fourth-order valence-corrected chi connectivity index (χ4v) is 5.93. The van der Waals surface area contributed by atoms with Crippen LogP contribution in [0.15, 0.2) is 60.2 Å². The first-order valence-corrected chi connectivity index (χ1v) is 13.2. The third kappa shape index (κ3) is 4.57. The maximum atomic E-state index is 13.6. The van der Waals surface area contributed by atoms with Crippen LogP contribution in [0.4, 0.5) is 10.8 Å². The summed E-state index contributed by atoms with van der Waals surface area (Å²) < 4.78 is 11.7. The molecule has 1 amide bonds. The van der Waals surface area contributed by atoms with Crippen molar-refractivity contribution in [2.24, 2.45) is 0 Å². The van der Waals surface area contributed by atoms with Gasteiger partial charge in [0, 0.05) is 25.8 Å². The number of rotatable bonds is 6. The Bertz CT molecular complexity index is 1640. The Morgan fingerprint density at radius 2 is 1.72 bits per heavy atom. The lowest BCUT2D eigenvalue weighted by Gasteiger charge is -2.24. The molecule has 200 valence electrons. The average molecular weight is 564 g/mol. The van der Waals surface area contributed by atoms with Crippen LogP contribution in [0.25, 0.3) is 16.0 Å². The van der Waals surface area contributed by atoms with Gasteiger partial charge in [-0.1, -0.05) is 41.1 Å². The first-order chi connectivity index (χ1) is 18.6. The molecule has 1 N–H and O–H groups in total. The molecule has 1 fully saturated rings. The molecule has 10 heteroatoms. The molecular weight excluding hydrogens is 538 g/mol. The number of carbonyl (C=O) groups is 2. The molecule has 0 radical (unpaired) electrons. The van der Waals surface area contributed by atoms with Crippen molar-refractivity contribution in [3.05, 3.63) is 81.9 Å². The van der Waals surface area contributed by atoms with Gasteiger partial charge in [0.15, 0.2) is 5.13 Å². The lowest BCUT2D eigenvalue weighted by atomic mass is 9.94. The molecule has 3 aromatic carbocycles. The molecule has 0 saturated carbocycles. The lowest BCUT2D eigenvalue weighted by Crippen LogP contribution is -2.29. The van der Waals surface area contributed by atoms with Crippen LogP contribution in [-0.4, -0.2) is 50.1 Å². The van der Waals surface area contributed by atoms with E-state index in [0.29, 0.717) is 16.2 Å². The maximum absolute atomic E-state index is 13.6. The van der Waals surface area contributed by atoms with E-state index in [0.717, 1.165) is 16.0 Å². The smallest absolute Gasteiger partial charge is 0.301 e. The fourth-order valence-electron chi connectivity index (χ4n) is 4.61. The molecular formula is C29H26ClN3O5S. The van der Waals surface area contributed by atoms with Crippen LogP contribution in [0.3, 0.4) is 0 Å². The minimum Gasteiger partial charge on any atom is -0.507 e. The van der Waals surface area contributed by atoms with Gasteiger partial charge in [-0.2, -0.15) is 0 Å². The van der Waals surface area contributed by atoms with E-state index in [1.54, 1.807) is 0 Å². The Morgan fingerprint density at radius 1 is 1.03 bits per heavy atom. The second-order valence-corrected chi connectivity index (χ2v) is 10.7. The molecule has 1 atom stereocenters. The van der Waals surface area contributed by atoms with Gasteiger partial charge < -0.3 is 19.5 Å². The average Bonchev–Trinajstić information content (AvgIpc) is 3.45. The summed E-state index contributed by atoms with van der Waals surface area (Å²) in [5, 5.41) is 12.3. The standard InChI is InChI=1S/C29H26ClN3O5S/c1-15-6-11-20-23(12-15)39-29(31-20)33-25(16-7-9-17(10-8-16)32(2)3)24(27(35)28(33)36)26(34)18-13-22(38-5)19(30)14-21(18)37-4/h6-14,25,34H,1-5H3/b26-24+. The highest BCUT2D eigenvalue weighted by atomic mass is 35.5. The highest BCUT2D eigenvalue weighted by Crippen LogP contribution is 2.46. The van der Waals surface area contributed by atoms with Crippen molar-refractivity contribution in [1.29, 1.82) is 0 Å². The predicted octanol–water partition coefficient (Wildman–Crippen LogP) is 5.97. The minimum atomic E-state index is -0.936. The third-order valence-electron chi connectivity index (χ3n) is 6.64. The number of ketones is 1. The number of aromatic nitrogens is 1. The zero-order valence-corrected chi connectivity index (χ0v) is 23.6. The number of benzene rings is 3. The number of hydrogen-bond acceptors (Lipinski definition) is 8. The van der Waals surface area contributed by atoms with E-state index in [9.17, 15) is 14.7 Å². The first kappa shape index (κ1) is 26.5. The van der Waals surface area contributed by atoms with Gasteiger partial charge in [0.2, 0.25) is 0 Å². The Kier molecular flexibility index (Phi) is 6.96. The maximum Gasteiger partial charge on any atom is 0.301 e. The van der Waals surface area contributed by atoms with Gasteiger partial charge in [0.05, 0.1) is 46.6 Å². The molecule has 39 heavy (non-hydrogen) atoms. The number of thiazole rings is 1. The number of aryl methyl sites for hydroxylation is 1. The zero-order valence-electron chi connectivity index (χ0n) is 22.0. The summed E-state index contributed by atoms with van der Waals surface area (Å²) in [4.78, 5) is 35.2. The number of fused-ring (bicyclic) bond motifs is 1. The first-order valence-electron chi connectivity index (χ1n) is 12.0. The third-order valence-corrected chi connectivity index (χ3v) is 7.95. The number of halogens is 1. The molecule has 0 bridgehead atoms. The largest absolute Gasteiger partial charge is 0.507 e. The van der Waals surface area contributed by atoms with Crippen LogP contribution in [0.1, 0.15) is 22.7 Å². The van der Waals surface area contributed by atoms with Gasteiger partial charge >= 0.3 is 5.91 Å². The predicted molar refractivity (Wildman–Crippen MR) is 154 cm³/mol. The normalized spacial score (nSPS) is 16.7. The summed E-state index contributed by atoms with van der Waals surface area (Å²) in [5.74, 6) is -1.51. The van der Waals surface area contributed by atoms with Crippen molar-refractivity contribution in [2.45, 2.75) is 13.0 Å². The van der Waals surface area contributed by atoms with Crippen molar-refractivity contribution in [2.75, 3.05) is 38.1 Å². The molecule has 8 nitrogen and oxygen atoms in total. The zero-order chi connectivity index (χ0) is 28.0. The lowest BCUT2D eigenvalue weighted by molar-refractivity contribution is -0.132. The van der Waals surface area contributed by atoms with E-state index >= 15 is 0 Å². The van der Waals surface area contributed by atoms with E-state index in [4.69, 9.17) is 21.1 Å². The van der Waals surface area contributed by atoms with Crippen LogP contribution in [0.5, 0.6) is 11.5 Å². The van der Waals surface area contributed by atoms with E-state index in [1.165, 1.54) is 42.6 Å². The van der Waals surface area contributed by atoms with Crippen molar-refractivity contribution in [1.82, 2.24) is 4.98 Å². The van der Waals surface area contributed by atoms with Gasteiger partial charge in [0.25, 0.3) is 5.78 Å². The molecule has 1 aromatic heterocycles. The van der Waals surface area contributed by atoms with Crippen molar-refractivity contribution < 1.29 is 24.2 Å². The highest BCUT2D eigenvalue weighted by Gasteiger charge is 2.48. The number of aliphatic hydroxyl groups excluding tert-OH is 1. The molecule has 1 unspecified atom stereocenters. The number of carbonyl (C=O) groups excluding carboxylic acids is 2. The molecule has 2 heterocycles. The second kappa shape index (κ2) is 10.2. The number of Topliss-reactive ketones (excluding diaryl/α,β-unsaturated/α-hetero) is 1. The number of nitrogens with zero attached hydrogens (tertiary/aromatic N) is 3. The van der Waals surface area contributed by atoms with E-state index in [-0.39, 0.29) is 27.7 Å². The number of anilines is 2. The second-order valence-electron chi connectivity index (χ2n) is 9.31. The van der Waals surface area contributed by atoms with Crippen LogP contribution >= 0.6 is 22.9 Å². The van der Waals surface area contributed by atoms with E-state index < -0.39 is 23.5 Å². The summed E-state index contributed by atoms with van der Waals surface area (Å²) in [7, 11) is 6.71. The summed E-state index contributed by atoms with van der Waals surface area (Å²) in [6, 6.07) is 15.3. The molecule has 0 aliphatic carbocycles. The summed E-state index contributed by atoms with van der Waals surface area (Å²) in [5.41, 5.74) is 3.43. The number of aliphatic hydroxyl groups is 1. The molecule has 1 aliphatic heterocycles. The molecule has 0 spiro atoms. The van der Waals surface area contributed by atoms with Gasteiger partial charge in [-0.3, -0.25) is 14.5 Å².